The molecule has 0 spiro atoms. The van der Waals surface area contributed by atoms with Crippen molar-refractivity contribution in [2.24, 2.45) is 5.73 Å². The average molecular weight is 368 g/mol. The number of hydrogen-bond acceptors (Lipinski definition) is 5. The van der Waals surface area contributed by atoms with Gasteiger partial charge in [-0.3, -0.25) is 20.4 Å². The largest absolute Gasteiger partial charge is 0.382 e. The van der Waals surface area contributed by atoms with Gasteiger partial charge in [0.2, 0.25) is 0 Å². The lowest BCUT2D eigenvalue weighted by Crippen LogP contribution is -2.52. The summed E-state index contributed by atoms with van der Waals surface area (Å²) in [5, 5.41) is 10.4. The molecular formula is C18H29N3O3S. The molecule has 0 aliphatic rings. The maximum atomic E-state index is 12.0. The van der Waals surface area contributed by atoms with Crippen LogP contribution in [0.25, 0.3) is 0 Å². The first-order valence-electron chi connectivity index (χ1n) is 8.47. The molecule has 0 bridgehead atoms. The first-order valence-corrected chi connectivity index (χ1v) is 9.52. The number of aliphatic hydroxyl groups excluding tert-OH is 1. The Hall–Kier alpha value is -1.57. The fourth-order valence-corrected chi connectivity index (χ4v) is 2.96. The van der Waals surface area contributed by atoms with E-state index in [9.17, 15) is 14.7 Å². The molecule has 7 heteroatoms. The highest BCUT2D eigenvalue weighted by atomic mass is 32.2. The summed E-state index contributed by atoms with van der Waals surface area (Å²) in [7, 11) is 0. The van der Waals surface area contributed by atoms with Gasteiger partial charge in [-0.1, -0.05) is 39.8 Å². The van der Waals surface area contributed by atoms with E-state index in [0.717, 1.165) is 11.3 Å². The number of thioether (sulfide) groups is 1. The zero-order valence-electron chi connectivity index (χ0n) is 15.3. The van der Waals surface area contributed by atoms with Crippen molar-refractivity contribution in [2.75, 3.05) is 5.75 Å². The molecule has 0 fully saturated rings. The van der Waals surface area contributed by atoms with Gasteiger partial charge in [-0.05, 0) is 41.0 Å². The van der Waals surface area contributed by atoms with E-state index >= 15 is 0 Å². The Morgan fingerprint density at radius 1 is 1.12 bits per heavy atom. The number of hydrazine groups is 1. The van der Waals surface area contributed by atoms with Crippen LogP contribution in [0.2, 0.25) is 0 Å². The first kappa shape index (κ1) is 21.5. The maximum absolute atomic E-state index is 12.0. The van der Waals surface area contributed by atoms with E-state index in [1.165, 1.54) is 0 Å². The summed E-state index contributed by atoms with van der Waals surface area (Å²) in [4.78, 5) is 23.9. The van der Waals surface area contributed by atoms with E-state index < -0.39 is 24.0 Å². The Kier molecular flexibility index (Phi) is 8.96. The third kappa shape index (κ3) is 7.46. The summed E-state index contributed by atoms with van der Waals surface area (Å²) in [6.07, 6.45) is -0.849. The van der Waals surface area contributed by atoms with Crippen LogP contribution in [0.3, 0.4) is 0 Å². The Morgan fingerprint density at radius 3 is 2.24 bits per heavy atom. The predicted octanol–water partition coefficient (Wildman–Crippen LogP) is 1.79. The molecule has 25 heavy (non-hydrogen) atoms. The van der Waals surface area contributed by atoms with Crippen LogP contribution >= 0.6 is 11.8 Å². The van der Waals surface area contributed by atoms with Crippen molar-refractivity contribution in [1.29, 1.82) is 0 Å². The van der Waals surface area contributed by atoms with Gasteiger partial charge in [0.25, 0.3) is 11.8 Å². The second-order valence-electron chi connectivity index (χ2n) is 6.54. The number of rotatable bonds is 8. The number of nitrogens with one attached hydrogen (secondary N) is 2. The summed E-state index contributed by atoms with van der Waals surface area (Å²) < 4.78 is 0. The van der Waals surface area contributed by atoms with Crippen molar-refractivity contribution >= 4 is 23.6 Å². The van der Waals surface area contributed by atoms with Gasteiger partial charge in [0.05, 0.1) is 0 Å². The lowest BCUT2D eigenvalue weighted by Gasteiger charge is -2.19. The molecule has 0 aliphatic heterocycles. The smallest absolute Gasteiger partial charge is 0.269 e. The van der Waals surface area contributed by atoms with Gasteiger partial charge in [0.1, 0.15) is 6.10 Å². The molecule has 0 aromatic heterocycles. The molecule has 6 nitrogen and oxygen atoms in total. The number of hydrogen-bond donors (Lipinski definition) is 4. The molecule has 1 unspecified atom stereocenters. The van der Waals surface area contributed by atoms with Crippen LogP contribution in [0.4, 0.5) is 0 Å². The standard InChI is InChI=1S/C18H29N3O3S/c1-11(2)13-5-7-14(8-6-13)17(23)20-21-18(24)16(22)15(19)9-10-25-12(3)4/h5-8,11-12,15-16,22H,9-10,19H2,1-4H3,(H,20,23)(H,21,24)/t15-,16?/m1/s1. The van der Waals surface area contributed by atoms with Gasteiger partial charge in [-0.25, -0.2) is 0 Å². The average Bonchev–Trinajstić information content (AvgIpc) is 2.58. The second kappa shape index (κ2) is 10.4. The second-order valence-corrected chi connectivity index (χ2v) is 8.22. The number of aliphatic hydroxyl groups is 1. The van der Waals surface area contributed by atoms with Crippen molar-refractivity contribution in [2.45, 2.75) is 57.4 Å². The molecular weight excluding hydrogens is 338 g/mol. The summed E-state index contributed by atoms with van der Waals surface area (Å²) in [5.74, 6) is -0.0196. The topological polar surface area (TPSA) is 104 Å². The maximum Gasteiger partial charge on any atom is 0.269 e. The van der Waals surface area contributed by atoms with Crippen molar-refractivity contribution in [3.63, 3.8) is 0 Å². The van der Waals surface area contributed by atoms with E-state index in [1.54, 1.807) is 23.9 Å². The van der Waals surface area contributed by atoms with Gasteiger partial charge in [0, 0.05) is 11.6 Å². The van der Waals surface area contributed by atoms with Crippen LogP contribution < -0.4 is 16.6 Å². The highest BCUT2D eigenvalue weighted by Gasteiger charge is 2.23. The Balaban J connectivity index is 2.44. The minimum Gasteiger partial charge on any atom is -0.382 e. The monoisotopic (exact) mass is 367 g/mol. The third-order valence-electron chi connectivity index (χ3n) is 3.72. The van der Waals surface area contributed by atoms with Gasteiger partial charge >= 0.3 is 0 Å². The SMILES string of the molecule is CC(C)SCC[C@@H](N)C(O)C(=O)NNC(=O)c1ccc(C(C)C)cc1. The van der Waals surface area contributed by atoms with Crippen LogP contribution in [-0.4, -0.2) is 40.1 Å². The van der Waals surface area contributed by atoms with E-state index in [4.69, 9.17) is 5.73 Å². The van der Waals surface area contributed by atoms with Crippen molar-refractivity contribution in [3.05, 3.63) is 35.4 Å². The molecule has 0 aliphatic carbocycles. The van der Waals surface area contributed by atoms with E-state index in [0.29, 0.717) is 23.2 Å². The number of amides is 2. The van der Waals surface area contributed by atoms with Gasteiger partial charge in [-0.15, -0.1) is 0 Å². The molecule has 1 aromatic carbocycles. The minimum atomic E-state index is -1.36. The lowest BCUT2D eigenvalue weighted by atomic mass is 10.0. The molecule has 0 heterocycles. The molecule has 1 aromatic rings. The number of carbonyl (C=O) groups excluding carboxylic acids is 2. The van der Waals surface area contributed by atoms with E-state index in [2.05, 4.69) is 38.5 Å². The summed E-state index contributed by atoms with van der Waals surface area (Å²) >= 11 is 1.71. The number of benzene rings is 1. The van der Waals surface area contributed by atoms with E-state index in [-0.39, 0.29) is 0 Å². The van der Waals surface area contributed by atoms with Crippen molar-refractivity contribution in [1.82, 2.24) is 10.9 Å². The van der Waals surface area contributed by atoms with Crippen molar-refractivity contribution < 1.29 is 14.7 Å². The fourth-order valence-electron chi connectivity index (χ4n) is 2.08. The molecule has 0 saturated carbocycles. The minimum absolute atomic E-state index is 0.377. The quantitative estimate of drug-likeness (QED) is 0.525. The van der Waals surface area contributed by atoms with Gasteiger partial charge < -0.3 is 10.8 Å². The normalized spacial score (nSPS) is 13.6. The first-order chi connectivity index (χ1) is 11.7. The van der Waals surface area contributed by atoms with Crippen LogP contribution in [0.5, 0.6) is 0 Å². The number of nitrogens with two attached hydrogens (primary N) is 1. The van der Waals surface area contributed by atoms with Crippen molar-refractivity contribution in [3.8, 4) is 0 Å². The molecule has 2 atom stereocenters. The summed E-state index contributed by atoms with van der Waals surface area (Å²) in [6, 6.07) is 6.47. The zero-order chi connectivity index (χ0) is 19.0. The third-order valence-corrected chi connectivity index (χ3v) is 4.85. The highest BCUT2D eigenvalue weighted by Crippen LogP contribution is 2.14. The van der Waals surface area contributed by atoms with Crippen LogP contribution in [0.15, 0.2) is 24.3 Å². The Labute approximate surface area is 153 Å². The molecule has 5 N–H and O–H groups in total. The highest BCUT2D eigenvalue weighted by molar-refractivity contribution is 7.99. The summed E-state index contributed by atoms with van der Waals surface area (Å²) in [5.41, 5.74) is 11.9. The lowest BCUT2D eigenvalue weighted by molar-refractivity contribution is -0.131. The Bertz CT molecular complexity index is 561. The fraction of sp³-hybridized carbons (Fsp3) is 0.556. The van der Waals surface area contributed by atoms with Crippen LogP contribution in [0, 0.1) is 0 Å². The Morgan fingerprint density at radius 2 is 1.72 bits per heavy atom. The molecule has 2 amide bonds. The van der Waals surface area contributed by atoms with Crippen LogP contribution in [-0.2, 0) is 4.79 Å². The van der Waals surface area contributed by atoms with E-state index in [1.807, 2.05) is 12.1 Å². The molecule has 0 saturated heterocycles. The van der Waals surface area contributed by atoms with Crippen LogP contribution in [0.1, 0.15) is 56.0 Å². The number of carbonyl (C=O) groups is 2. The van der Waals surface area contributed by atoms with Gasteiger partial charge in [-0.2, -0.15) is 11.8 Å². The predicted molar refractivity (Wildman–Crippen MR) is 102 cm³/mol. The zero-order valence-corrected chi connectivity index (χ0v) is 16.1. The summed E-state index contributed by atoms with van der Waals surface area (Å²) in [6.45, 7) is 8.28. The molecule has 0 radical (unpaired) electrons. The molecule has 140 valence electrons. The van der Waals surface area contributed by atoms with Gasteiger partial charge in [0.15, 0.2) is 0 Å². The molecule has 1 rings (SSSR count).